The van der Waals surface area contributed by atoms with Crippen molar-refractivity contribution in [2.45, 2.75) is 82.4 Å². The zero-order valence-electron chi connectivity index (χ0n) is 27.0. The van der Waals surface area contributed by atoms with Crippen LogP contribution in [0.5, 0.6) is 5.75 Å². The summed E-state index contributed by atoms with van der Waals surface area (Å²) in [4.78, 5) is 14.0. The number of anilines is 1. The largest absolute Gasteiger partial charge is 0.497 e. The second-order valence-electron chi connectivity index (χ2n) is 13.1. The van der Waals surface area contributed by atoms with Crippen molar-refractivity contribution in [3.8, 4) is 5.75 Å². The summed E-state index contributed by atoms with van der Waals surface area (Å²) < 4.78 is 44.8. The van der Waals surface area contributed by atoms with Gasteiger partial charge in [0.25, 0.3) is 5.91 Å². The number of carbonyl (C=O) groups is 1. The number of carbonyl (C=O) groups excluding carboxylic acids is 1. The number of benzene rings is 3. The van der Waals surface area contributed by atoms with Crippen molar-refractivity contribution in [1.82, 2.24) is 10.6 Å². The number of aliphatic hydroxyl groups excluding tert-OH is 1. The number of hydrogen-bond acceptors (Lipinski definition) is 7. The van der Waals surface area contributed by atoms with Gasteiger partial charge < -0.3 is 20.5 Å². The van der Waals surface area contributed by atoms with Crippen LogP contribution in [0.25, 0.3) is 0 Å². The van der Waals surface area contributed by atoms with Crippen molar-refractivity contribution in [2.24, 2.45) is 0 Å². The first-order valence-electron chi connectivity index (χ1n) is 16.3. The Hall–Kier alpha value is -3.15. The third-order valence-corrected chi connectivity index (χ3v) is 11.3. The first kappa shape index (κ1) is 34.2. The molecule has 3 aromatic carbocycles. The predicted molar refractivity (Wildman–Crippen MR) is 183 cm³/mol. The van der Waals surface area contributed by atoms with Gasteiger partial charge in [0.1, 0.15) is 5.75 Å². The topological polar surface area (TPSA) is 114 Å². The van der Waals surface area contributed by atoms with Crippen molar-refractivity contribution in [3.63, 3.8) is 0 Å². The lowest BCUT2D eigenvalue weighted by atomic mass is 9.92. The van der Waals surface area contributed by atoms with Crippen molar-refractivity contribution in [3.05, 3.63) is 94.8 Å². The number of methoxy groups -OCH3 is 1. The summed E-state index contributed by atoms with van der Waals surface area (Å²) in [5, 5.41) is 17.9. The third-order valence-electron chi connectivity index (χ3n) is 9.42. The first-order valence-corrected chi connectivity index (χ1v) is 18.0. The molecule has 5 N–H and O–H groups in total. The molecule has 0 bridgehead atoms. The van der Waals surface area contributed by atoms with Crippen molar-refractivity contribution in [1.29, 1.82) is 0 Å². The highest BCUT2D eigenvalue weighted by Gasteiger charge is 2.33. The average molecular weight is 654 g/mol. The molecule has 5 rings (SSSR count). The number of hydrogen-bond donors (Lipinski definition) is 5. The van der Waals surface area contributed by atoms with E-state index in [1.54, 1.807) is 19.2 Å². The third kappa shape index (κ3) is 8.04. The lowest BCUT2D eigenvalue weighted by molar-refractivity contribution is 0.0810. The number of aliphatic hydroxyl groups is 1. The zero-order valence-corrected chi connectivity index (χ0v) is 27.9. The molecule has 10 heteroatoms. The zero-order chi connectivity index (χ0) is 32.9. The molecule has 0 aromatic heterocycles. The van der Waals surface area contributed by atoms with Crippen LogP contribution in [0.1, 0.15) is 85.3 Å². The van der Waals surface area contributed by atoms with E-state index in [1.165, 1.54) is 4.31 Å². The molecule has 1 saturated heterocycles. The van der Waals surface area contributed by atoms with Gasteiger partial charge in [0.05, 0.1) is 36.3 Å². The Balaban J connectivity index is 1.42. The summed E-state index contributed by atoms with van der Waals surface area (Å²) in [6, 6.07) is 19.9. The Kier molecular flexibility index (Phi) is 11.0. The van der Waals surface area contributed by atoms with Gasteiger partial charge in [0.2, 0.25) is 0 Å². The van der Waals surface area contributed by atoms with Crippen molar-refractivity contribution >= 4 is 22.4 Å². The highest BCUT2D eigenvalue weighted by Crippen LogP contribution is 2.51. The Labute approximate surface area is 273 Å². The maximum atomic E-state index is 16.4. The van der Waals surface area contributed by atoms with Gasteiger partial charge in [-0.1, -0.05) is 55.3 Å². The predicted octanol–water partition coefficient (Wildman–Crippen LogP) is 6.98. The Morgan fingerprint density at radius 2 is 1.78 bits per heavy atom. The van der Waals surface area contributed by atoms with Crippen molar-refractivity contribution in [2.75, 3.05) is 30.3 Å². The summed E-state index contributed by atoms with van der Waals surface area (Å²) in [6.45, 7) is 4.48. The summed E-state index contributed by atoms with van der Waals surface area (Å²) in [6.07, 6.45) is 4.66. The molecule has 2 unspecified atom stereocenters. The second-order valence-corrected chi connectivity index (χ2v) is 15.2. The highest BCUT2D eigenvalue weighted by molar-refractivity contribution is 8.25. The van der Waals surface area contributed by atoms with Gasteiger partial charge in [-0.05, 0) is 92.8 Å². The van der Waals surface area contributed by atoms with Crippen LogP contribution < -0.4 is 19.7 Å². The van der Waals surface area contributed by atoms with Crippen LogP contribution in [0.3, 0.4) is 0 Å². The molecule has 8 nitrogen and oxygen atoms in total. The number of ether oxygens (including phenoxy) is 1. The van der Waals surface area contributed by atoms with Gasteiger partial charge in [-0.3, -0.25) is 18.2 Å². The molecule has 1 heterocycles. The van der Waals surface area contributed by atoms with Crippen molar-refractivity contribution < 1.29 is 28.1 Å². The van der Waals surface area contributed by atoms with E-state index in [4.69, 9.17) is 4.74 Å². The molecule has 0 radical (unpaired) electrons. The van der Waals surface area contributed by atoms with Gasteiger partial charge in [0, 0.05) is 18.6 Å². The SMILES string of the molecule is COc1cccc(C(C)(C)NCC(O)C(Cc2ccccc2)NC(=O)c2cc(C3CCCC3)cc(N3CCCCS3(O)O)c2F)c1. The van der Waals surface area contributed by atoms with Gasteiger partial charge in [-0.2, -0.15) is 0 Å². The molecule has 2 aliphatic rings. The van der Waals surface area contributed by atoms with Crippen LogP contribution in [-0.2, 0) is 12.0 Å². The fourth-order valence-electron chi connectivity index (χ4n) is 6.57. The van der Waals surface area contributed by atoms with Crippen LogP contribution in [0.4, 0.5) is 10.1 Å². The number of nitrogens with zero attached hydrogens (tertiary/aromatic N) is 1. The monoisotopic (exact) mass is 653 g/mol. The standard InChI is InChI=1S/C36H48FN3O5S/c1-36(2,28-16-11-17-29(23-28)45-3)38-24-33(41)31(20-25-12-5-4-6-13-25)39-35(42)30-21-27(26-14-7-8-15-26)22-32(34(30)37)40-18-9-10-19-46(40,43)44/h4-6,11-13,16-17,21-23,26,31,33,38,41,43-44H,7-10,14-15,18-20,24H2,1-3H3,(H,39,42). The molecule has 250 valence electrons. The molecule has 1 aliphatic heterocycles. The smallest absolute Gasteiger partial charge is 0.254 e. The van der Waals surface area contributed by atoms with Crippen LogP contribution >= 0.6 is 10.8 Å². The fourth-order valence-corrected chi connectivity index (χ4v) is 8.25. The molecule has 2 fully saturated rings. The molecule has 1 amide bonds. The Morgan fingerprint density at radius 3 is 2.48 bits per heavy atom. The fraction of sp³-hybridized carbons (Fsp3) is 0.472. The summed E-state index contributed by atoms with van der Waals surface area (Å²) >= 11 is 0. The number of nitrogens with one attached hydrogen (secondary N) is 2. The maximum Gasteiger partial charge on any atom is 0.254 e. The average Bonchev–Trinajstić information content (AvgIpc) is 3.59. The summed E-state index contributed by atoms with van der Waals surface area (Å²) in [7, 11) is -1.58. The second kappa shape index (κ2) is 14.7. The Morgan fingerprint density at radius 1 is 1.04 bits per heavy atom. The summed E-state index contributed by atoms with van der Waals surface area (Å²) in [5.74, 6) is -0.336. The van der Waals surface area contributed by atoms with E-state index >= 15 is 4.39 Å². The molecule has 0 spiro atoms. The normalized spacial score (nSPS) is 19.0. The minimum atomic E-state index is -3.20. The van der Waals surface area contributed by atoms with Crippen LogP contribution in [0, 0.1) is 5.82 Å². The van der Waals surface area contributed by atoms with Gasteiger partial charge in [0.15, 0.2) is 5.82 Å². The maximum absolute atomic E-state index is 16.4. The van der Waals surface area contributed by atoms with Crippen LogP contribution in [0.2, 0.25) is 0 Å². The molecule has 2 atom stereocenters. The summed E-state index contributed by atoms with van der Waals surface area (Å²) in [5.41, 5.74) is 2.13. The number of halogens is 1. The first-order chi connectivity index (χ1) is 22.0. The number of rotatable bonds is 12. The molecule has 3 aromatic rings. The molecular weight excluding hydrogens is 605 g/mol. The van der Waals surface area contributed by atoms with E-state index in [-0.39, 0.29) is 29.5 Å². The number of amides is 1. The van der Waals surface area contributed by atoms with Gasteiger partial charge in [-0.25, -0.2) is 4.39 Å². The lowest BCUT2D eigenvalue weighted by Crippen LogP contribution is -2.51. The minimum Gasteiger partial charge on any atom is -0.497 e. The van der Waals surface area contributed by atoms with E-state index in [2.05, 4.69) is 10.6 Å². The van der Waals surface area contributed by atoms with E-state index in [9.17, 15) is 19.0 Å². The van der Waals surface area contributed by atoms with Crippen LogP contribution in [-0.4, -0.2) is 58.2 Å². The quantitative estimate of drug-likeness (QED) is 0.143. The minimum absolute atomic E-state index is 0.0658. The molecule has 46 heavy (non-hydrogen) atoms. The molecule has 1 aliphatic carbocycles. The lowest BCUT2D eigenvalue weighted by Gasteiger charge is -2.47. The van der Waals surface area contributed by atoms with E-state index in [0.717, 1.165) is 48.1 Å². The molecule has 1 saturated carbocycles. The van der Waals surface area contributed by atoms with E-state index < -0.39 is 40.2 Å². The van der Waals surface area contributed by atoms with E-state index in [0.29, 0.717) is 25.8 Å². The van der Waals surface area contributed by atoms with E-state index in [1.807, 2.05) is 68.4 Å². The van der Waals surface area contributed by atoms with Crippen LogP contribution in [0.15, 0.2) is 66.7 Å². The molecular formula is C36H48FN3O5S. The van der Waals surface area contributed by atoms with Gasteiger partial charge in [-0.15, -0.1) is 10.8 Å². The Bertz CT molecular complexity index is 1480. The highest BCUT2D eigenvalue weighted by atomic mass is 32.3. The van der Waals surface area contributed by atoms with Gasteiger partial charge >= 0.3 is 0 Å².